The van der Waals surface area contributed by atoms with Crippen LogP contribution in [0.5, 0.6) is 5.75 Å². The van der Waals surface area contributed by atoms with Crippen LogP contribution >= 0.6 is 0 Å². The lowest BCUT2D eigenvalue weighted by atomic mass is 9.83. The van der Waals surface area contributed by atoms with Crippen LogP contribution in [0, 0.1) is 0 Å². The Morgan fingerprint density at radius 1 is 1.12 bits per heavy atom. The molecule has 6 rings (SSSR count). The van der Waals surface area contributed by atoms with Crippen LogP contribution in [-0.2, 0) is 10.3 Å². The van der Waals surface area contributed by atoms with Crippen molar-refractivity contribution in [2.75, 3.05) is 0 Å². The van der Waals surface area contributed by atoms with E-state index < -0.39 is 17.2 Å². The minimum absolute atomic E-state index is 0.242. The zero-order valence-electron chi connectivity index (χ0n) is 18.4. The van der Waals surface area contributed by atoms with Crippen LogP contribution in [0.1, 0.15) is 54.2 Å². The molecule has 2 atom stereocenters. The van der Waals surface area contributed by atoms with Crippen molar-refractivity contribution in [1.29, 1.82) is 0 Å². The van der Waals surface area contributed by atoms with Gasteiger partial charge in [-0.15, -0.1) is 0 Å². The summed E-state index contributed by atoms with van der Waals surface area (Å²) in [7, 11) is 0. The number of nitrogens with one attached hydrogen (secondary N) is 2. The van der Waals surface area contributed by atoms with Crippen molar-refractivity contribution < 1.29 is 19.4 Å². The van der Waals surface area contributed by atoms with Crippen molar-refractivity contribution in [2.24, 2.45) is 0 Å². The zero-order chi connectivity index (χ0) is 23.0. The molecule has 3 aromatic rings. The van der Waals surface area contributed by atoms with Crippen molar-refractivity contribution in [3.63, 3.8) is 0 Å². The number of aromatic nitrogens is 1. The number of H-pyrrole nitrogens is 1. The molecule has 1 fully saturated rings. The van der Waals surface area contributed by atoms with Crippen molar-refractivity contribution in [1.82, 2.24) is 10.3 Å². The number of aliphatic hydroxyl groups is 1. The number of ketones is 1. The van der Waals surface area contributed by atoms with E-state index in [0.717, 1.165) is 16.5 Å². The van der Waals surface area contributed by atoms with Gasteiger partial charge in [0.2, 0.25) is 5.54 Å². The summed E-state index contributed by atoms with van der Waals surface area (Å²) in [5.41, 5.74) is 1.71. The van der Waals surface area contributed by atoms with Gasteiger partial charge in [-0.1, -0.05) is 56.3 Å². The first-order valence-corrected chi connectivity index (χ1v) is 11.3. The van der Waals surface area contributed by atoms with Gasteiger partial charge in [-0.05, 0) is 42.5 Å². The van der Waals surface area contributed by atoms with Gasteiger partial charge in [0.15, 0.2) is 5.78 Å². The van der Waals surface area contributed by atoms with Crippen LogP contribution in [0.4, 0.5) is 0 Å². The van der Waals surface area contributed by atoms with E-state index >= 15 is 0 Å². The third kappa shape index (κ3) is 2.52. The highest BCUT2D eigenvalue weighted by Crippen LogP contribution is 2.59. The predicted octanol–water partition coefficient (Wildman–Crippen LogP) is 4.23. The van der Waals surface area contributed by atoms with Crippen LogP contribution in [-0.4, -0.2) is 27.6 Å². The number of hydrogen-bond acceptors (Lipinski definition) is 4. The largest absolute Gasteiger partial charge is 0.454 e. The highest BCUT2D eigenvalue weighted by Gasteiger charge is 2.73. The van der Waals surface area contributed by atoms with E-state index in [4.69, 9.17) is 4.74 Å². The number of carbonyl (C=O) groups excluding carboxylic acids is 2. The Bertz CT molecular complexity index is 1380. The number of allylic oxidation sites excluding steroid dienone is 2. The molecular formula is C27H24N2O4. The fraction of sp³-hybridized carbons (Fsp3) is 0.259. The fourth-order valence-electron chi connectivity index (χ4n) is 5.30. The SMILES string of the molecule is CC(C)c1ccc2c(c1)OC1(O)C3=CCCC=C3C(=O)C21NC(=O)c1cc2ccccc2[nH]1. The molecule has 2 unspecified atom stereocenters. The Labute approximate surface area is 191 Å². The molecule has 2 heterocycles. The minimum Gasteiger partial charge on any atom is -0.454 e. The normalized spacial score (nSPS) is 25.3. The molecule has 6 nitrogen and oxygen atoms in total. The van der Waals surface area contributed by atoms with Gasteiger partial charge in [0, 0.05) is 27.6 Å². The average molecular weight is 440 g/mol. The summed E-state index contributed by atoms with van der Waals surface area (Å²) < 4.78 is 6.15. The maximum atomic E-state index is 13.9. The Morgan fingerprint density at radius 2 is 1.91 bits per heavy atom. The molecule has 6 heteroatoms. The molecule has 0 radical (unpaired) electrons. The first kappa shape index (κ1) is 20.0. The number of ether oxygens (including phenoxy) is 1. The summed E-state index contributed by atoms with van der Waals surface area (Å²) in [5.74, 6) is -2.18. The zero-order valence-corrected chi connectivity index (χ0v) is 18.4. The summed E-state index contributed by atoms with van der Waals surface area (Å²) >= 11 is 0. The standard InChI is InChI=1S/C27H24N2O4/c1-15(2)16-11-12-20-23(14-16)33-27(32)19-9-5-4-8-18(19)24(30)26(20,27)29-25(31)22-13-17-7-3-6-10-21(17)28-22/h3,6-15,28,32H,4-5H2,1-2H3,(H,29,31). The summed E-state index contributed by atoms with van der Waals surface area (Å²) in [6.07, 6.45) is 5.07. The molecule has 2 aliphatic carbocycles. The molecule has 3 N–H and O–H groups in total. The molecule has 166 valence electrons. The Morgan fingerprint density at radius 3 is 2.70 bits per heavy atom. The van der Waals surface area contributed by atoms with Gasteiger partial charge in [0.1, 0.15) is 11.4 Å². The second kappa shape index (κ2) is 6.68. The van der Waals surface area contributed by atoms with E-state index in [1.165, 1.54) is 0 Å². The van der Waals surface area contributed by atoms with Crippen molar-refractivity contribution in [3.8, 4) is 5.75 Å². The van der Waals surface area contributed by atoms with Gasteiger partial charge in [0.25, 0.3) is 11.7 Å². The minimum atomic E-state index is -2.00. The van der Waals surface area contributed by atoms with Crippen LogP contribution in [0.3, 0.4) is 0 Å². The maximum absolute atomic E-state index is 13.9. The van der Waals surface area contributed by atoms with Gasteiger partial charge in [-0.25, -0.2) is 0 Å². The number of benzene rings is 2. The highest BCUT2D eigenvalue weighted by atomic mass is 16.6. The second-order valence-electron chi connectivity index (χ2n) is 9.27. The van der Waals surface area contributed by atoms with E-state index in [2.05, 4.69) is 24.1 Å². The maximum Gasteiger partial charge on any atom is 0.270 e. The Kier molecular flexibility index (Phi) is 4.05. The van der Waals surface area contributed by atoms with E-state index in [1.807, 2.05) is 48.6 Å². The number of rotatable bonds is 3. The molecular weight excluding hydrogens is 416 g/mol. The average Bonchev–Trinajstić information content (AvgIpc) is 3.41. The molecule has 1 aromatic heterocycles. The number of amides is 1. The molecule has 0 saturated heterocycles. The summed E-state index contributed by atoms with van der Waals surface area (Å²) in [4.78, 5) is 30.5. The first-order valence-electron chi connectivity index (χ1n) is 11.3. The van der Waals surface area contributed by atoms with E-state index in [-0.39, 0.29) is 11.7 Å². The molecule has 2 aromatic carbocycles. The van der Waals surface area contributed by atoms with E-state index in [9.17, 15) is 14.7 Å². The molecule has 3 aliphatic rings. The van der Waals surface area contributed by atoms with Crippen molar-refractivity contribution >= 4 is 22.6 Å². The quantitative estimate of drug-likeness (QED) is 0.569. The predicted molar refractivity (Wildman–Crippen MR) is 124 cm³/mol. The lowest BCUT2D eigenvalue weighted by molar-refractivity contribution is -0.152. The van der Waals surface area contributed by atoms with Crippen LogP contribution in [0.15, 0.2) is 71.8 Å². The molecule has 33 heavy (non-hydrogen) atoms. The van der Waals surface area contributed by atoms with Gasteiger partial charge in [-0.2, -0.15) is 0 Å². The fourth-order valence-corrected chi connectivity index (χ4v) is 5.30. The first-order chi connectivity index (χ1) is 15.8. The second-order valence-corrected chi connectivity index (χ2v) is 9.27. The van der Waals surface area contributed by atoms with Gasteiger partial charge in [0.05, 0.1) is 0 Å². The third-order valence-corrected chi connectivity index (χ3v) is 7.02. The Hall–Kier alpha value is -3.64. The van der Waals surface area contributed by atoms with E-state index in [1.54, 1.807) is 12.1 Å². The van der Waals surface area contributed by atoms with E-state index in [0.29, 0.717) is 41.0 Å². The number of fused-ring (bicyclic) bond motifs is 6. The lowest BCUT2D eigenvalue weighted by Crippen LogP contribution is -2.62. The number of para-hydroxylation sites is 1. The summed E-state index contributed by atoms with van der Waals surface area (Å²) in [6.45, 7) is 4.13. The van der Waals surface area contributed by atoms with Gasteiger partial charge in [-0.3, -0.25) is 9.59 Å². The number of hydrogen-bond donors (Lipinski definition) is 3. The van der Waals surface area contributed by atoms with Gasteiger partial charge >= 0.3 is 0 Å². The molecule has 1 saturated carbocycles. The Balaban J connectivity index is 1.53. The van der Waals surface area contributed by atoms with Crippen LogP contribution in [0.25, 0.3) is 10.9 Å². The van der Waals surface area contributed by atoms with Gasteiger partial charge < -0.3 is 20.1 Å². The van der Waals surface area contributed by atoms with Crippen molar-refractivity contribution in [2.45, 2.75) is 43.9 Å². The molecule has 0 bridgehead atoms. The topological polar surface area (TPSA) is 91.4 Å². The molecule has 1 amide bonds. The summed E-state index contributed by atoms with van der Waals surface area (Å²) in [6, 6.07) is 14.9. The number of Topliss-reactive ketones (excluding diaryl/α,β-unsaturated/α-hetero) is 1. The van der Waals surface area contributed by atoms with Crippen LogP contribution < -0.4 is 10.1 Å². The molecule has 1 aliphatic heterocycles. The summed E-state index contributed by atoms with van der Waals surface area (Å²) in [5, 5.41) is 15.7. The highest BCUT2D eigenvalue weighted by molar-refractivity contribution is 6.16. The van der Waals surface area contributed by atoms with Crippen molar-refractivity contribution in [3.05, 3.63) is 88.7 Å². The number of carbonyl (C=O) groups is 2. The molecule has 0 spiro atoms. The monoisotopic (exact) mass is 440 g/mol. The van der Waals surface area contributed by atoms with Crippen LogP contribution in [0.2, 0.25) is 0 Å². The third-order valence-electron chi connectivity index (χ3n) is 7.02. The number of aromatic amines is 1. The smallest absolute Gasteiger partial charge is 0.270 e. The lowest BCUT2D eigenvalue weighted by Gasteiger charge is -2.34.